The molecular weight excluding hydrogens is 138 g/mol. The Morgan fingerprint density at radius 1 is 1.27 bits per heavy atom. The second kappa shape index (κ2) is 4.72. The fourth-order valence-corrected chi connectivity index (χ4v) is 0.844. The molecule has 0 aromatic rings. The minimum Gasteiger partial charge on any atom is -0.324 e. The molecule has 0 radical (unpaired) electrons. The molecule has 62 valence electrons. The van der Waals surface area contributed by atoms with Crippen molar-refractivity contribution in [2.75, 3.05) is 7.05 Å². The molecule has 0 aromatic carbocycles. The van der Waals surface area contributed by atoms with Gasteiger partial charge in [0.15, 0.2) is 0 Å². The molecule has 0 aliphatic rings. The van der Waals surface area contributed by atoms with E-state index in [1.807, 2.05) is 26.8 Å². The summed E-state index contributed by atoms with van der Waals surface area (Å²) in [5.41, 5.74) is 2.32. The largest absolute Gasteiger partial charge is 0.324 e. The summed E-state index contributed by atoms with van der Waals surface area (Å²) in [6, 6.07) is 0. The molecule has 0 saturated carbocycles. The molecule has 0 N–H and O–H groups in total. The van der Waals surface area contributed by atoms with E-state index in [4.69, 9.17) is 0 Å². The number of hydrogen-bond donors (Lipinski definition) is 0. The van der Waals surface area contributed by atoms with Gasteiger partial charge in [0.05, 0.1) is 0 Å². The van der Waals surface area contributed by atoms with Gasteiger partial charge in [-0.25, -0.2) is 0 Å². The van der Waals surface area contributed by atoms with E-state index < -0.39 is 0 Å². The van der Waals surface area contributed by atoms with Crippen LogP contribution in [-0.2, 0) is 4.79 Å². The predicted molar refractivity (Wildman–Crippen MR) is 47.0 cm³/mol. The normalized spacial score (nSPS) is 10.7. The lowest BCUT2D eigenvalue weighted by Gasteiger charge is -2.03. The van der Waals surface area contributed by atoms with Crippen molar-refractivity contribution in [1.29, 1.82) is 0 Å². The van der Waals surface area contributed by atoms with Gasteiger partial charge in [0, 0.05) is 13.2 Å². The number of amides is 1. The van der Waals surface area contributed by atoms with Crippen LogP contribution in [0.5, 0.6) is 0 Å². The van der Waals surface area contributed by atoms with E-state index in [2.05, 4.69) is 0 Å². The quantitative estimate of drug-likeness (QED) is 0.448. The minimum absolute atomic E-state index is 0.780. The zero-order valence-electron chi connectivity index (χ0n) is 7.59. The first-order valence-electron chi connectivity index (χ1n) is 3.57. The Bertz CT molecular complexity index is 188. The van der Waals surface area contributed by atoms with Crippen molar-refractivity contribution in [3.8, 4) is 0 Å². The van der Waals surface area contributed by atoms with Crippen molar-refractivity contribution in [2.45, 2.75) is 20.8 Å². The average molecular weight is 153 g/mol. The standard InChI is InChI=1S/C9H15NO/c1-8(2)5-9(3)6-10(4)7-11/h5-7H,1-4H3/b9-6-. The van der Waals surface area contributed by atoms with Gasteiger partial charge in [-0.05, 0) is 26.3 Å². The maximum absolute atomic E-state index is 10.2. The van der Waals surface area contributed by atoms with E-state index in [9.17, 15) is 4.79 Å². The lowest BCUT2D eigenvalue weighted by molar-refractivity contribution is -0.115. The van der Waals surface area contributed by atoms with Crippen molar-refractivity contribution in [2.24, 2.45) is 0 Å². The summed E-state index contributed by atoms with van der Waals surface area (Å²) < 4.78 is 0. The van der Waals surface area contributed by atoms with E-state index in [0.29, 0.717) is 0 Å². The Kier molecular flexibility index (Phi) is 4.27. The maximum Gasteiger partial charge on any atom is 0.213 e. The number of carbonyl (C=O) groups is 1. The van der Waals surface area contributed by atoms with Crippen molar-refractivity contribution in [1.82, 2.24) is 4.90 Å². The maximum atomic E-state index is 10.2. The topological polar surface area (TPSA) is 20.3 Å². The molecule has 11 heavy (non-hydrogen) atoms. The molecule has 0 spiro atoms. The van der Waals surface area contributed by atoms with Gasteiger partial charge in [0.2, 0.25) is 6.41 Å². The van der Waals surface area contributed by atoms with Crippen LogP contribution in [-0.4, -0.2) is 18.4 Å². The predicted octanol–water partition coefficient (Wildman–Crippen LogP) is 1.94. The average Bonchev–Trinajstić information content (AvgIpc) is 1.85. The number of allylic oxidation sites excluding steroid dienone is 3. The van der Waals surface area contributed by atoms with E-state index in [1.54, 1.807) is 13.2 Å². The zero-order valence-corrected chi connectivity index (χ0v) is 7.59. The summed E-state index contributed by atoms with van der Waals surface area (Å²) in [6.45, 7) is 6.02. The summed E-state index contributed by atoms with van der Waals surface area (Å²) in [6.07, 6.45) is 4.60. The minimum atomic E-state index is 0.780. The molecule has 0 fully saturated rings. The first-order valence-corrected chi connectivity index (χ1v) is 3.57. The van der Waals surface area contributed by atoms with Crippen LogP contribution < -0.4 is 0 Å². The Morgan fingerprint density at radius 3 is 2.18 bits per heavy atom. The summed E-state index contributed by atoms with van der Waals surface area (Å²) in [4.78, 5) is 11.7. The third-order valence-electron chi connectivity index (χ3n) is 1.09. The van der Waals surface area contributed by atoms with Gasteiger partial charge >= 0.3 is 0 Å². The van der Waals surface area contributed by atoms with Crippen molar-refractivity contribution >= 4 is 6.41 Å². The molecule has 1 amide bonds. The van der Waals surface area contributed by atoms with Gasteiger partial charge in [0.1, 0.15) is 0 Å². The smallest absolute Gasteiger partial charge is 0.213 e. The molecule has 2 nitrogen and oxygen atoms in total. The first-order chi connectivity index (χ1) is 5.06. The number of carbonyl (C=O) groups excluding carboxylic acids is 1. The molecule has 0 bridgehead atoms. The number of rotatable bonds is 3. The Balaban J connectivity index is 4.22. The second-order valence-electron chi connectivity index (χ2n) is 2.87. The Labute approximate surface area is 68.2 Å². The third-order valence-corrected chi connectivity index (χ3v) is 1.09. The van der Waals surface area contributed by atoms with Gasteiger partial charge in [-0.2, -0.15) is 0 Å². The summed E-state index contributed by atoms with van der Waals surface area (Å²) in [5.74, 6) is 0. The van der Waals surface area contributed by atoms with Crippen LogP contribution in [0.15, 0.2) is 23.4 Å². The number of hydrogen-bond acceptors (Lipinski definition) is 1. The highest BCUT2D eigenvalue weighted by Gasteiger charge is 1.87. The van der Waals surface area contributed by atoms with Crippen LogP contribution in [0.2, 0.25) is 0 Å². The highest BCUT2D eigenvalue weighted by atomic mass is 16.1. The summed E-state index contributed by atoms with van der Waals surface area (Å²) in [5, 5.41) is 0. The molecule has 0 atom stereocenters. The zero-order chi connectivity index (χ0) is 8.85. The third kappa shape index (κ3) is 5.40. The lowest BCUT2D eigenvalue weighted by Crippen LogP contribution is -2.06. The molecule has 0 rings (SSSR count). The van der Waals surface area contributed by atoms with Crippen molar-refractivity contribution in [3.05, 3.63) is 23.4 Å². The highest BCUT2D eigenvalue weighted by Crippen LogP contribution is 2.00. The van der Waals surface area contributed by atoms with Gasteiger partial charge in [-0.3, -0.25) is 4.79 Å². The molecule has 0 aliphatic carbocycles. The van der Waals surface area contributed by atoms with E-state index in [-0.39, 0.29) is 0 Å². The Morgan fingerprint density at radius 2 is 1.82 bits per heavy atom. The molecule has 0 heterocycles. The second-order valence-corrected chi connectivity index (χ2v) is 2.87. The molecule has 2 heteroatoms. The van der Waals surface area contributed by atoms with Crippen LogP contribution in [0.25, 0.3) is 0 Å². The van der Waals surface area contributed by atoms with Gasteiger partial charge in [-0.15, -0.1) is 0 Å². The highest BCUT2D eigenvalue weighted by molar-refractivity contribution is 5.49. The van der Waals surface area contributed by atoms with Crippen molar-refractivity contribution in [3.63, 3.8) is 0 Å². The fourth-order valence-electron chi connectivity index (χ4n) is 0.844. The van der Waals surface area contributed by atoms with E-state index >= 15 is 0 Å². The molecule has 0 aromatic heterocycles. The van der Waals surface area contributed by atoms with E-state index in [1.165, 1.54) is 10.5 Å². The van der Waals surface area contributed by atoms with Crippen LogP contribution in [0.1, 0.15) is 20.8 Å². The van der Waals surface area contributed by atoms with Gasteiger partial charge in [-0.1, -0.05) is 11.6 Å². The summed E-state index contributed by atoms with van der Waals surface area (Å²) in [7, 11) is 1.72. The van der Waals surface area contributed by atoms with Crippen LogP contribution in [0.4, 0.5) is 0 Å². The monoisotopic (exact) mass is 153 g/mol. The first kappa shape index (κ1) is 9.95. The van der Waals surface area contributed by atoms with Gasteiger partial charge < -0.3 is 4.90 Å². The molecular formula is C9H15NO. The van der Waals surface area contributed by atoms with Crippen molar-refractivity contribution < 1.29 is 4.79 Å². The van der Waals surface area contributed by atoms with E-state index in [0.717, 1.165) is 12.0 Å². The molecule has 0 saturated heterocycles. The van der Waals surface area contributed by atoms with Gasteiger partial charge in [0.25, 0.3) is 0 Å². The van der Waals surface area contributed by atoms with Crippen LogP contribution >= 0.6 is 0 Å². The number of nitrogens with zero attached hydrogens (tertiary/aromatic N) is 1. The Hall–Kier alpha value is -1.05. The lowest BCUT2D eigenvalue weighted by atomic mass is 10.2. The molecule has 0 unspecified atom stereocenters. The fraction of sp³-hybridized carbons (Fsp3) is 0.444. The molecule has 0 aliphatic heterocycles. The van der Waals surface area contributed by atoms with Crippen LogP contribution in [0, 0.1) is 0 Å². The summed E-state index contributed by atoms with van der Waals surface area (Å²) >= 11 is 0. The van der Waals surface area contributed by atoms with Crippen LogP contribution in [0.3, 0.4) is 0 Å². The SMILES string of the molecule is CC(C)=C/C(C)=C\N(C)C=O.